The van der Waals surface area contributed by atoms with Crippen LogP contribution in [0.15, 0.2) is 24.3 Å². The molecule has 0 radical (unpaired) electrons. The second-order valence-corrected chi connectivity index (χ2v) is 16.9. The van der Waals surface area contributed by atoms with Crippen molar-refractivity contribution in [3.05, 3.63) is 57.6 Å². The van der Waals surface area contributed by atoms with E-state index in [0.29, 0.717) is 30.1 Å². The second-order valence-electron chi connectivity index (χ2n) is 16.9. The van der Waals surface area contributed by atoms with Crippen LogP contribution >= 0.6 is 0 Å². The maximum Gasteiger partial charge on any atom is 0.139 e. The molecule has 0 fully saturated rings. The zero-order valence-corrected chi connectivity index (χ0v) is 29.5. The van der Waals surface area contributed by atoms with Crippen molar-refractivity contribution in [1.29, 1.82) is 0 Å². The summed E-state index contributed by atoms with van der Waals surface area (Å²) in [6, 6.07) is 8.56. The highest BCUT2D eigenvalue weighted by molar-refractivity contribution is 5.84. The molecule has 0 heterocycles. The van der Waals surface area contributed by atoms with E-state index in [1.165, 1.54) is 0 Å². The molecule has 42 heavy (non-hydrogen) atoms. The van der Waals surface area contributed by atoms with Gasteiger partial charge in [0, 0.05) is 11.8 Å². The minimum absolute atomic E-state index is 0.0713. The Morgan fingerprint density at radius 2 is 0.786 bits per heavy atom. The number of aromatic hydroxyl groups is 2. The molecule has 2 atom stereocenters. The molecule has 0 bridgehead atoms. The highest BCUT2D eigenvalue weighted by Gasteiger charge is 2.32. The Morgan fingerprint density at radius 1 is 0.548 bits per heavy atom. The molecule has 0 aliphatic rings. The van der Waals surface area contributed by atoms with E-state index in [4.69, 9.17) is 0 Å². The van der Waals surface area contributed by atoms with Crippen molar-refractivity contribution in [1.82, 2.24) is 0 Å². The third kappa shape index (κ3) is 8.87. The minimum Gasteiger partial charge on any atom is -0.507 e. The van der Waals surface area contributed by atoms with Crippen molar-refractivity contribution in [3.63, 3.8) is 0 Å². The molecule has 0 aliphatic heterocycles. The molecule has 2 aromatic rings. The molecule has 3 nitrogen and oxygen atoms in total. The number of benzene rings is 2. The van der Waals surface area contributed by atoms with Crippen LogP contribution in [0.4, 0.5) is 0 Å². The summed E-state index contributed by atoms with van der Waals surface area (Å²) in [6.45, 7) is 30.0. The first kappa shape index (κ1) is 35.9. The summed E-state index contributed by atoms with van der Waals surface area (Å²) < 4.78 is 0. The van der Waals surface area contributed by atoms with Gasteiger partial charge in [-0.1, -0.05) is 134 Å². The van der Waals surface area contributed by atoms with E-state index in [1.807, 2.05) is 0 Å². The number of hydrogen-bond acceptors (Lipinski definition) is 3. The maximum absolute atomic E-state index is 14.4. The summed E-state index contributed by atoms with van der Waals surface area (Å²) in [6.07, 6.45) is 4.99. The molecular weight excluding hydrogens is 516 g/mol. The van der Waals surface area contributed by atoms with E-state index >= 15 is 0 Å². The number of carbonyl (C=O) groups excluding carboxylic acids is 1. The van der Waals surface area contributed by atoms with Crippen LogP contribution in [0.1, 0.15) is 156 Å². The lowest BCUT2D eigenvalue weighted by molar-refractivity contribution is -0.127. The molecular formula is C39H62O3. The fourth-order valence-electron chi connectivity index (χ4n) is 6.20. The molecule has 3 heteroatoms. The molecule has 0 aromatic heterocycles. The molecule has 0 saturated heterocycles. The normalized spacial score (nSPS) is 14.6. The Labute approximate surface area is 258 Å². The van der Waals surface area contributed by atoms with Gasteiger partial charge in [-0.25, -0.2) is 0 Å². The number of rotatable bonds is 10. The predicted molar refractivity (Wildman–Crippen MR) is 180 cm³/mol. The topological polar surface area (TPSA) is 57.5 Å². The average Bonchev–Trinajstić information content (AvgIpc) is 2.82. The van der Waals surface area contributed by atoms with Crippen LogP contribution in [-0.4, -0.2) is 16.0 Å². The highest BCUT2D eigenvalue weighted by Crippen LogP contribution is 2.42. The fourth-order valence-corrected chi connectivity index (χ4v) is 6.20. The van der Waals surface area contributed by atoms with Crippen molar-refractivity contribution in [2.24, 2.45) is 11.8 Å². The van der Waals surface area contributed by atoms with E-state index in [9.17, 15) is 15.0 Å². The van der Waals surface area contributed by atoms with Crippen molar-refractivity contribution in [2.75, 3.05) is 0 Å². The number of Topliss-reactive ketones (excluding diaryl/α,β-unsaturated/α-hetero) is 1. The number of phenols is 2. The van der Waals surface area contributed by atoms with E-state index in [1.54, 1.807) is 0 Å². The predicted octanol–water partition coefficient (Wildman–Crippen LogP) is 10.5. The van der Waals surface area contributed by atoms with Crippen molar-refractivity contribution >= 4 is 5.78 Å². The van der Waals surface area contributed by atoms with Crippen molar-refractivity contribution < 1.29 is 15.0 Å². The molecule has 0 amide bonds. The molecule has 2 rings (SSSR count). The van der Waals surface area contributed by atoms with Gasteiger partial charge in [0.1, 0.15) is 17.3 Å². The summed E-state index contributed by atoms with van der Waals surface area (Å²) in [5.74, 6) is 0.982. The van der Waals surface area contributed by atoms with Gasteiger partial charge in [-0.2, -0.15) is 0 Å². The van der Waals surface area contributed by atoms with Crippen LogP contribution in [0.5, 0.6) is 11.5 Å². The number of ketones is 1. The lowest BCUT2D eigenvalue weighted by Gasteiger charge is -2.30. The molecule has 0 aliphatic carbocycles. The summed E-state index contributed by atoms with van der Waals surface area (Å²) in [5, 5.41) is 22.5. The van der Waals surface area contributed by atoms with Gasteiger partial charge in [0.15, 0.2) is 0 Å². The number of phenolic OH excluding ortho intramolecular Hbond substituents is 2. The Hall–Kier alpha value is -2.29. The van der Waals surface area contributed by atoms with Gasteiger partial charge in [0.2, 0.25) is 0 Å². The van der Waals surface area contributed by atoms with Crippen LogP contribution < -0.4 is 0 Å². The Kier molecular flexibility index (Phi) is 11.2. The quantitative estimate of drug-likeness (QED) is 0.295. The smallest absolute Gasteiger partial charge is 0.139 e. The number of carbonyl (C=O) groups is 1. The van der Waals surface area contributed by atoms with Gasteiger partial charge >= 0.3 is 0 Å². The molecule has 0 saturated carbocycles. The zero-order valence-electron chi connectivity index (χ0n) is 29.5. The van der Waals surface area contributed by atoms with E-state index in [2.05, 4.69) is 121 Å². The first-order valence-electron chi connectivity index (χ1n) is 16.3. The van der Waals surface area contributed by atoms with E-state index < -0.39 is 0 Å². The van der Waals surface area contributed by atoms with Gasteiger partial charge in [0.05, 0.1) is 0 Å². The Balaban J connectivity index is 2.58. The summed E-state index contributed by atoms with van der Waals surface area (Å²) in [7, 11) is 0. The van der Waals surface area contributed by atoms with Crippen LogP contribution in [0.2, 0.25) is 0 Å². The van der Waals surface area contributed by atoms with Gasteiger partial charge in [-0.05, 0) is 80.7 Å². The van der Waals surface area contributed by atoms with Gasteiger partial charge in [-0.3, -0.25) is 4.79 Å². The SMILES string of the molecule is CCCC(Cc1cc(C(C)(C)C)c(O)c(C(C)(C)C)c1)C(=O)C(CCC)Cc1cc(C(C)(C)C)c(O)c(C(C)(C)C)c1. The third-order valence-corrected chi connectivity index (χ3v) is 8.61. The monoisotopic (exact) mass is 578 g/mol. The van der Waals surface area contributed by atoms with Gasteiger partial charge < -0.3 is 10.2 Å². The second kappa shape index (κ2) is 13.1. The van der Waals surface area contributed by atoms with Crippen LogP contribution in [-0.2, 0) is 39.3 Å². The molecule has 236 valence electrons. The first-order chi connectivity index (χ1) is 19.0. The molecule has 2 aromatic carbocycles. The fraction of sp³-hybridized carbons (Fsp3) is 0.667. The van der Waals surface area contributed by atoms with Crippen molar-refractivity contribution in [3.8, 4) is 11.5 Å². The number of hydrogen-bond donors (Lipinski definition) is 2. The zero-order chi connectivity index (χ0) is 32.4. The maximum atomic E-state index is 14.4. The van der Waals surface area contributed by atoms with Crippen LogP contribution in [0.25, 0.3) is 0 Å². The third-order valence-electron chi connectivity index (χ3n) is 8.61. The largest absolute Gasteiger partial charge is 0.507 e. The Bertz CT molecular complexity index is 1060. The van der Waals surface area contributed by atoms with Crippen LogP contribution in [0.3, 0.4) is 0 Å². The molecule has 0 spiro atoms. The van der Waals surface area contributed by atoms with Crippen molar-refractivity contribution in [2.45, 2.75) is 157 Å². The standard InChI is InChI=1S/C39H62O3/c1-15-17-27(19-25-21-29(36(3,4)5)34(41)30(22-25)37(6,7)8)33(40)28(18-16-2)20-26-23-31(38(9,10)11)35(42)32(24-26)39(12,13)14/h21-24,27-28,41-42H,15-20H2,1-14H3. The molecule has 2 N–H and O–H groups in total. The highest BCUT2D eigenvalue weighted by atomic mass is 16.3. The first-order valence-corrected chi connectivity index (χ1v) is 16.3. The molecule has 2 unspecified atom stereocenters. The van der Waals surface area contributed by atoms with Crippen LogP contribution in [0, 0.1) is 11.8 Å². The van der Waals surface area contributed by atoms with E-state index in [0.717, 1.165) is 59.1 Å². The van der Waals surface area contributed by atoms with E-state index in [-0.39, 0.29) is 33.5 Å². The summed E-state index contributed by atoms with van der Waals surface area (Å²) in [4.78, 5) is 14.4. The summed E-state index contributed by atoms with van der Waals surface area (Å²) >= 11 is 0. The van der Waals surface area contributed by atoms with Gasteiger partial charge in [0.25, 0.3) is 0 Å². The Morgan fingerprint density at radius 3 is 0.976 bits per heavy atom. The lowest BCUT2D eigenvalue weighted by atomic mass is 9.75. The lowest BCUT2D eigenvalue weighted by Crippen LogP contribution is -2.28. The van der Waals surface area contributed by atoms with Gasteiger partial charge in [-0.15, -0.1) is 0 Å². The minimum atomic E-state index is -0.205. The average molecular weight is 579 g/mol. The summed E-state index contributed by atoms with van der Waals surface area (Å²) in [5.41, 5.74) is 5.26.